The zero-order valence-electron chi connectivity index (χ0n) is 14.1. The summed E-state index contributed by atoms with van der Waals surface area (Å²) < 4.78 is 4.91. The van der Waals surface area contributed by atoms with Crippen LogP contribution < -0.4 is 18.9 Å². The first kappa shape index (κ1) is 20.2. The van der Waals surface area contributed by atoms with Crippen LogP contribution in [0.5, 0.6) is 0 Å². The second-order valence-electron chi connectivity index (χ2n) is 5.09. The van der Waals surface area contributed by atoms with E-state index in [9.17, 15) is 4.79 Å². The number of ether oxygens (including phenoxy) is 1. The van der Waals surface area contributed by atoms with Crippen molar-refractivity contribution in [2.75, 3.05) is 13.7 Å². The zero-order valence-corrected chi connectivity index (χ0v) is 14.1. The average molecular weight is 283 g/mol. The summed E-state index contributed by atoms with van der Waals surface area (Å²) in [7, 11) is 1.43. The first-order valence-electron chi connectivity index (χ1n) is 7.50. The number of benzene rings is 1. The summed E-state index contributed by atoms with van der Waals surface area (Å²) in [6.45, 7) is 7.21. The topological polar surface area (TPSA) is 40.4 Å². The number of nitrogens with zero attached hydrogens (tertiary/aromatic N) is 1. The molecule has 21 heavy (non-hydrogen) atoms. The predicted octanol–water partition coefficient (Wildman–Crippen LogP) is 1.80. The molecule has 0 spiro atoms. The number of rotatable bonds is 8. The fourth-order valence-corrected chi connectivity index (χ4v) is 2.42. The van der Waals surface area contributed by atoms with E-state index in [1.165, 1.54) is 7.11 Å². The third-order valence-corrected chi connectivity index (χ3v) is 3.49. The van der Waals surface area contributed by atoms with Crippen molar-refractivity contribution >= 4 is 5.97 Å². The fraction of sp³-hybridized carbons (Fsp3) is 0.588. The largest absolute Gasteiger partial charge is 1.00 e. The van der Waals surface area contributed by atoms with Crippen LogP contribution in [0.15, 0.2) is 18.2 Å². The van der Waals surface area contributed by atoms with Gasteiger partial charge < -0.3 is 10.1 Å². The molecular weight excluding hydrogens is 257 g/mol. The molecule has 0 N–H and O–H groups in total. The maximum absolute atomic E-state index is 12.0. The molecule has 0 heterocycles. The van der Waals surface area contributed by atoms with Gasteiger partial charge in [-0.3, -0.25) is 0 Å². The van der Waals surface area contributed by atoms with Gasteiger partial charge in [0.15, 0.2) is 0 Å². The van der Waals surface area contributed by atoms with Gasteiger partial charge in [0, 0.05) is 0 Å². The van der Waals surface area contributed by atoms with Gasteiger partial charge in [-0.1, -0.05) is 51.7 Å². The maximum Gasteiger partial charge on any atom is 1.00 e. The monoisotopic (exact) mass is 283 g/mol. The van der Waals surface area contributed by atoms with Crippen molar-refractivity contribution in [1.29, 1.82) is 0 Å². The molecule has 1 rings (SSSR count). The Morgan fingerprint density at radius 3 is 2.57 bits per heavy atom. The van der Waals surface area contributed by atoms with Crippen molar-refractivity contribution in [1.82, 2.24) is 0 Å². The van der Waals surface area contributed by atoms with Crippen LogP contribution in [-0.2, 0) is 4.74 Å². The maximum atomic E-state index is 12.0. The van der Waals surface area contributed by atoms with E-state index in [0.717, 1.165) is 43.4 Å². The van der Waals surface area contributed by atoms with Crippen LogP contribution in [0, 0.1) is 6.92 Å². The average Bonchev–Trinajstić information content (AvgIpc) is 2.45. The number of esters is 1. The molecule has 1 aromatic rings. The Morgan fingerprint density at radius 1 is 1.29 bits per heavy atom. The van der Waals surface area contributed by atoms with E-state index in [0.29, 0.717) is 5.56 Å². The van der Waals surface area contributed by atoms with Crippen molar-refractivity contribution in [3.8, 4) is 0 Å². The van der Waals surface area contributed by atoms with Crippen LogP contribution >= 0.6 is 0 Å². The van der Waals surface area contributed by atoms with E-state index >= 15 is 0 Å². The van der Waals surface area contributed by atoms with Crippen LogP contribution in [0.2, 0.25) is 0 Å². The SMILES string of the molecule is CCCC[N-]C(CCC)c1c(C)cccc1C(=O)OC.[Li+]. The Bertz CT molecular complexity index is 435. The molecule has 0 aliphatic carbocycles. The Morgan fingerprint density at radius 2 is 2.00 bits per heavy atom. The van der Waals surface area contributed by atoms with Crippen molar-refractivity contribution in [2.45, 2.75) is 52.5 Å². The molecule has 0 amide bonds. The van der Waals surface area contributed by atoms with Gasteiger partial charge in [-0.05, 0) is 24.1 Å². The molecule has 0 aliphatic heterocycles. The smallest absolute Gasteiger partial charge is 0.656 e. The van der Waals surface area contributed by atoms with Gasteiger partial charge in [0.2, 0.25) is 0 Å². The standard InChI is InChI=1S/C17H26NO2.Li/c1-5-7-12-18-15(9-6-2)16-13(3)10-8-11-14(16)17(19)20-4;/h8,10-11,15H,5-7,9,12H2,1-4H3;/q-1;+1. The van der Waals surface area contributed by atoms with Crippen LogP contribution in [0.25, 0.3) is 5.32 Å². The molecule has 0 fully saturated rings. The van der Waals surface area contributed by atoms with Crippen molar-refractivity contribution in [3.63, 3.8) is 0 Å². The molecule has 0 saturated heterocycles. The summed E-state index contributed by atoms with van der Waals surface area (Å²) in [5.41, 5.74) is 2.81. The van der Waals surface area contributed by atoms with Gasteiger partial charge in [-0.25, -0.2) is 4.79 Å². The summed E-state index contributed by atoms with van der Waals surface area (Å²) in [5.74, 6) is -0.268. The Balaban J connectivity index is 0.00000400. The molecule has 0 saturated carbocycles. The Labute approximate surface area is 141 Å². The normalized spacial score (nSPS) is 11.6. The minimum absolute atomic E-state index is 0. The van der Waals surface area contributed by atoms with E-state index in [4.69, 9.17) is 10.1 Å². The molecule has 1 atom stereocenters. The third-order valence-electron chi connectivity index (χ3n) is 3.49. The number of hydrogen-bond donors (Lipinski definition) is 0. The summed E-state index contributed by atoms with van der Waals surface area (Å²) >= 11 is 0. The summed E-state index contributed by atoms with van der Waals surface area (Å²) in [6, 6.07) is 5.88. The van der Waals surface area contributed by atoms with E-state index in [1.807, 2.05) is 25.1 Å². The number of unbranched alkanes of at least 4 members (excludes halogenated alkanes) is 1. The van der Waals surface area contributed by atoms with Gasteiger partial charge in [-0.15, -0.1) is 12.6 Å². The Hall–Kier alpha value is -0.753. The molecule has 0 aromatic heterocycles. The minimum atomic E-state index is -0.268. The molecule has 0 aliphatic rings. The van der Waals surface area contributed by atoms with Gasteiger partial charge in [0.1, 0.15) is 0 Å². The van der Waals surface area contributed by atoms with Gasteiger partial charge in [0.05, 0.1) is 12.7 Å². The molecule has 1 aromatic carbocycles. The summed E-state index contributed by atoms with van der Waals surface area (Å²) in [6.07, 6.45) is 4.26. The quantitative estimate of drug-likeness (QED) is 0.415. The van der Waals surface area contributed by atoms with Crippen LogP contribution in [0.1, 0.15) is 67.1 Å². The number of carbonyl (C=O) groups is 1. The molecule has 1 unspecified atom stereocenters. The van der Waals surface area contributed by atoms with E-state index < -0.39 is 0 Å². The molecule has 112 valence electrons. The molecular formula is C17H26LiNO2. The van der Waals surface area contributed by atoms with Gasteiger partial charge in [0.25, 0.3) is 0 Å². The number of carbonyl (C=O) groups excluding carboxylic acids is 1. The predicted molar refractivity (Wildman–Crippen MR) is 83.3 cm³/mol. The van der Waals surface area contributed by atoms with E-state index in [2.05, 4.69) is 13.8 Å². The Kier molecular flexibility index (Phi) is 10.5. The number of hydrogen-bond acceptors (Lipinski definition) is 2. The molecule has 3 nitrogen and oxygen atoms in total. The van der Waals surface area contributed by atoms with Crippen molar-refractivity contribution < 1.29 is 28.4 Å². The third kappa shape index (κ3) is 5.86. The molecule has 0 radical (unpaired) electrons. The van der Waals surface area contributed by atoms with Crippen LogP contribution in [0.3, 0.4) is 0 Å². The first-order valence-corrected chi connectivity index (χ1v) is 7.50. The molecule has 4 heteroatoms. The number of methoxy groups -OCH3 is 1. The summed E-state index contributed by atoms with van der Waals surface area (Å²) in [5, 5.41) is 4.80. The van der Waals surface area contributed by atoms with Crippen molar-refractivity contribution in [2.24, 2.45) is 0 Å². The van der Waals surface area contributed by atoms with Crippen molar-refractivity contribution in [3.05, 3.63) is 40.2 Å². The summed E-state index contributed by atoms with van der Waals surface area (Å²) in [4.78, 5) is 12.0. The van der Waals surface area contributed by atoms with E-state index in [1.54, 1.807) is 0 Å². The van der Waals surface area contributed by atoms with E-state index in [-0.39, 0.29) is 30.9 Å². The first-order chi connectivity index (χ1) is 9.65. The number of aryl methyl sites for hydroxylation is 1. The van der Waals surface area contributed by atoms with Gasteiger partial charge >= 0.3 is 24.8 Å². The molecule has 0 bridgehead atoms. The second kappa shape index (κ2) is 10.9. The zero-order chi connectivity index (χ0) is 15.0. The van der Waals surface area contributed by atoms with Crippen LogP contribution in [0.4, 0.5) is 0 Å². The van der Waals surface area contributed by atoms with Crippen LogP contribution in [-0.4, -0.2) is 19.6 Å². The fourth-order valence-electron chi connectivity index (χ4n) is 2.42. The van der Waals surface area contributed by atoms with Gasteiger partial charge in [-0.2, -0.15) is 0 Å². The second-order valence-corrected chi connectivity index (χ2v) is 5.09. The minimum Gasteiger partial charge on any atom is -0.656 e.